The van der Waals surface area contributed by atoms with Crippen molar-refractivity contribution in [2.24, 2.45) is 11.7 Å². The molecule has 0 unspecified atom stereocenters. The first-order valence-corrected chi connectivity index (χ1v) is 3.72. The summed E-state index contributed by atoms with van der Waals surface area (Å²) in [6, 6.07) is 0. The van der Waals surface area contributed by atoms with E-state index in [9.17, 15) is 8.78 Å². The first-order valence-electron chi connectivity index (χ1n) is 3.72. The van der Waals surface area contributed by atoms with Crippen molar-refractivity contribution in [2.75, 3.05) is 6.54 Å². The second-order valence-electron chi connectivity index (χ2n) is 3.06. The molecule has 0 aromatic heterocycles. The van der Waals surface area contributed by atoms with E-state index in [1.807, 2.05) is 0 Å². The highest BCUT2D eigenvalue weighted by atomic mass is 35.5. The molecule has 4 heteroatoms. The van der Waals surface area contributed by atoms with Gasteiger partial charge in [-0.1, -0.05) is 0 Å². The number of halogens is 3. The van der Waals surface area contributed by atoms with Crippen molar-refractivity contribution in [3.63, 3.8) is 0 Å². The fraction of sp³-hybridized carbons (Fsp3) is 1.00. The van der Waals surface area contributed by atoms with Gasteiger partial charge in [0, 0.05) is 12.8 Å². The molecule has 1 aliphatic carbocycles. The van der Waals surface area contributed by atoms with Crippen LogP contribution in [0.2, 0.25) is 0 Å². The molecule has 1 nitrogen and oxygen atoms in total. The average Bonchev–Trinajstić information content (AvgIpc) is 1.78. The maximum absolute atomic E-state index is 12.2. The Hall–Kier alpha value is 0.110. The second-order valence-corrected chi connectivity index (χ2v) is 3.06. The minimum Gasteiger partial charge on any atom is -0.330 e. The van der Waals surface area contributed by atoms with E-state index in [0.717, 1.165) is 12.8 Å². The van der Waals surface area contributed by atoms with Gasteiger partial charge >= 0.3 is 0 Å². The Bertz CT molecular complexity index is 111. The van der Waals surface area contributed by atoms with Gasteiger partial charge in [0.2, 0.25) is 5.92 Å². The van der Waals surface area contributed by atoms with Crippen LogP contribution in [-0.4, -0.2) is 12.5 Å². The van der Waals surface area contributed by atoms with Gasteiger partial charge in [0.15, 0.2) is 0 Å². The van der Waals surface area contributed by atoms with Gasteiger partial charge in [0.1, 0.15) is 0 Å². The van der Waals surface area contributed by atoms with Gasteiger partial charge in [0.05, 0.1) is 0 Å². The van der Waals surface area contributed by atoms with Crippen LogP contribution in [0.15, 0.2) is 0 Å². The molecule has 1 rings (SSSR count). The summed E-state index contributed by atoms with van der Waals surface area (Å²) in [5.41, 5.74) is 5.24. The largest absolute Gasteiger partial charge is 0.330 e. The van der Waals surface area contributed by atoms with Crippen molar-refractivity contribution in [2.45, 2.75) is 31.6 Å². The fourth-order valence-corrected chi connectivity index (χ4v) is 1.40. The van der Waals surface area contributed by atoms with Crippen LogP contribution < -0.4 is 5.73 Å². The van der Waals surface area contributed by atoms with Gasteiger partial charge in [-0.3, -0.25) is 0 Å². The van der Waals surface area contributed by atoms with Crippen LogP contribution in [0.4, 0.5) is 8.78 Å². The summed E-state index contributed by atoms with van der Waals surface area (Å²) in [5.74, 6) is -2.10. The van der Waals surface area contributed by atoms with Crippen molar-refractivity contribution in [3.05, 3.63) is 0 Å². The van der Waals surface area contributed by atoms with E-state index in [1.54, 1.807) is 0 Å². The Morgan fingerprint density at radius 3 is 2.27 bits per heavy atom. The van der Waals surface area contributed by atoms with E-state index >= 15 is 0 Å². The Balaban J connectivity index is 0.000001000. The summed E-state index contributed by atoms with van der Waals surface area (Å²) < 4.78 is 24.4. The van der Waals surface area contributed by atoms with Crippen molar-refractivity contribution < 1.29 is 8.78 Å². The lowest BCUT2D eigenvalue weighted by molar-refractivity contribution is -0.112. The van der Waals surface area contributed by atoms with E-state index < -0.39 is 5.92 Å². The van der Waals surface area contributed by atoms with E-state index in [0.29, 0.717) is 6.54 Å². The lowest BCUT2D eigenvalue weighted by Gasteiger charge is -2.34. The molecular weight excluding hydrogens is 172 g/mol. The zero-order valence-corrected chi connectivity index (χ0v) is 7.17. The fourth-order valence-electron chi connectivity index (χ4n) is 1.40. The molecule has 0 saturated heterocycles. The van der Waals surface area contributed by atoms with Crippen molar-refractivity contribution in [3.8, 4) is 0 Å². The summed E-state index contributed by atoms with van der Waals surface area (Å²) in [7, 11) is 0. The molecular formula is C7H14ClF2N. The third-order valence-electron chi connectivity index (χ3n) is 1.99. The maximum atomic E-state index is 12.2. The molecule has 68 valence electrons. The van der Waals surface area contributed by atoms with Crippen molar-refractivity contribution in [1.82, 2.24) is 0 Å². The minimum absolute atomic E-state index is 0. The van der Waals surface area contributed by atoms with E-state index in [4.69, 9.17) is 5.73 Å². The quantitative estimate of drug-likeness (QED) is 0.717. The highest BCUT2D eigenvalue weighted by Gasteiger charge is 2.44. The smallest absolute Gasteiger partial charge is 0.248 e. The third kappa shape index (κ3) is 3.34. The van der Waals surface area contributed by atoms with Crippen LogP contribution in [0, 0.1) is 5.92 Å². The zero-order chi connectivity index (χ0) is 7.61. The average molecular weight is 186 g/mol. The first kappa shape index (κ1) is 11.1. The molecule has 1 fully saturated rings. The summed E-state index contributed by atoms with van der Waals surface area (Å²) >= 11 is 0. The normalized spacial score (nSPS) is 22.1. The lowest BCUT2D eigenvalue weighted by Crippen LogP contribution is -2.35. The molecule has 0 atom stereocenters. The number of nitrogens with two attached hydrogens (primary N) is 1. The Labute approximate surface area is 71.7 Å². The predicted molar refractivity (Wildman–Crippen MR) is 43.2 cm³/mol. The first-order chi connectivity index (χ1) is 4.64. The van der Waals surface area contributed by atoms with Crippen molar-refractivity contribution >= 4 is 12.4 Å². The third-order valence-corrected chi connectivity index (χ3v) is 1.99. The topological polar surface area (TPSA) is 26.0 Å². The molecule has 0 aromatic rings. The Kier molecular flexibility index (Phi) is 4.26. The molecule has 11 heavy (non-hydrogen) atoms. The molecule has 0 aromatic carbocycles. The molecule has 1 aliphatic rings. The standard InChI is InChI=1S/C7H13F2N.ClH/c8-7(9)4-6(5-7)2-1-3-10;/h6H,1-5,10H2;1H. The second kappa shape index (κ2) is 4.21. The van der Waals surface area contributed by atoms with E-state index in [2.05, 4.69) is 0 Å². The zero-order valence-electron chi connectivity index (χ0n) is 6.35. The highest BCUT2D eigenvalue weighted by molar-refractivity contribution is 5.85. The van der Waals surface area contributed by atoms with Crippen LogP contribution in [-0.2, 0) is 0 Å². The summed E-state index contributed by atoms with van der Waals surface area (Å²) in [6.45, 7) is 0.627. The minimum atomic E-state index is -2.35. The van der Waals surface area contributed by atoms with Crippen LogP contribution >= 0.6 is 12.4 Å². The number of hydrogen-bond acceptors (Lipinski definition) is 1. The molecule has 0 amide bonds. The molecule has 1 saturated carbocycles. The molecule has 0 aliphatic heterocycles. The summed E-state index contributed by atoms with van der Waals surface area (Å²) in [6.07, 6.45) is 1.95. The van der Waals surface area contributed by atoms with Crippen LogP contribution in [0.1, 0.15) is 25.7 Å². The maximum Gasteiger partial charge on any atom is 0.248 e. The lowest BCUT2D eigenvalue weighted by atomic mass is 9.78. The summed E-state index contributed by atoms with van der Waals surface area (Å²) in [5, 5.41) is 0. The van der Waals surface area contributed by atoms with Gasteiger partial charge in [-0.25, -0.2) is 8.78 Å². The molecule has 0 radical (unpaired) electrons. The van der Waals surface area contributed by atoms with E-state index in [-0.39, 0.29) is 31.2 Å². The molecule has 0 spiro atoms. The van der Waals surface area contributed by atoms with Crippen LogP contribution in [0.3, 0.4) is 0 Å². The van der Waals surface area contributed by atoms with Gasteiger partial charge in [-0.15, -0.1) is 12.4 Å². The molecule has 0 heterocycles. The molecule has 2 N–H and O–H groups in total. The van der Waals surface area contributed by atoms with Gasteiger partial charge in [-0.2, -0.15) is 0 Å². The monoisotopic (exact) mass is 185 g/mol. The number of rotatable bonds is 3. The Morgan fingerprint density at radius 1 is 1.36 bits per heavy atom. The molecule has 0 bridgehead atoms. The number of alkyl halides is 2. The van der Waals surface area contributed by atoms with Crippen LogP contribution in [0.5, 0.6) is 0 Å². The Morgan fingerprint density at radius 2 is 1.91 bits per heavy atom. The number of hydrogen-bond donors (Lipinski definition) is 1. The van der Waals surface area contributed by atoms with Crippen LogP contribution in [0.25, 0.3) is 0 Å². The van der Waals surface area contributed by atoms with Gasteiger partial charge in [-0.05, 0) is 25.3 Å². The predicted octanol–water partition coefficient (Wildman–Crippen LogP) is 2.19. The van der Waals surface area contributed by atoms with Crippen molar-refractivity contribution in [1.29, 1.82) is 0 Å². The van der Waals surface area contributed by atoms with Gasteiger partial charge < -0.3 is 5.73 Å². The highest BCUT2D eigenvalue weighted by Crippen LogP contribution is 2.44. The summed E-state index contributed by atoms with van der Waals surface area (Å²) in [4.78, 5) is 0. The van der Waals surface area contributed by atoms with E-state index in [1.165, 1.54) is 0 Å². The SMILES string of the molecule is Cl.NCCCC1CC(F)(F)C1. The van der Waals surface area contributed by atoms with Gasteiger partial charge in [0.25, 0.3) is 0 Å².